The van der Waals surface area contributed by atoms with Gasteiger partial charge in [-0.3, -0.25) is 9.59 Å². The normalized spacial score (nSPS) is 12.4. The van der Waals surface area contributed by atoms with Gasteiger partial charge in [0.2, 0.25) is 5.91 Å². The Labute approximate surface area is 222 Å². The fourth-order valence-corrected chi connectivity index (χ4v) is 6.67. The van der Waals surface area contributed by atoms with Crippen molar-refractivity contribution in [2.75, 3.05) is 17.7 Å². The van der Waals surface area contributed by atoms with Crippen molar-refractivity contribution < 1.29 is 19.1 Å². The van der Waals surface area contributed by atoms with E-state index in [1.165, 1.54) is 34.4 Å². The number of aryl methyl sites for hydroxylation is 1. The molecule has 3 heterocycles. The van der Waals surface area contributed by atoms with Crippen LogP contribution in [0.2, 0.25) is 0 Å². The van der Waals surface area contributed by atoms with Gasteiger partial charge in [-0.15, -0.1) is 32.9 Å². The molecule has 0 saturated carbocycles. The molecule has 0 aliphatic heterocycles. The molecule has 2 N–H and O–H groups in total. The van der Waals surface area contributed by atoms with Crippen molar-refractivity contribution >= 4 is 57.2 Å². The van der Waals surface area contributed by atoms with Crippen LogP contribution in [0.5, 0.6) is 0 Å². The summed E-state index contributed by atoms with van der Waals surface area (Å²) >= 11 is 4.14. The molecule has 0 aromatic carbocycles. The van der Waals surface area contributed by atoms with Crippen LogP contribution >= 0.6 is 34.4 Å². The average molecular weight is 548 g/mol. The van der Waals surface area contributed by atoms with Gasteiger partial charge in [-0.1, -0.05) is 31.2 Å². The van der Waals surface area contributed by atoms with Crippen molar-refractivity contribution in [3.8, 4) is 0 Å². The molecule has 36 heavy (non-hydrogen) atoms. The van der Waals surface area contributed by atoms with Crippen LogP contribution in [-0.4, -0.2) is 44.9 Å². The van der Waals surface area contributed by atoms with Crippen LogP contribution in [0.3, 0.4) is 0 Å². The van der Waals surface area contributed by atoms with E-state index >= 15 is 0 Å². The molecule has 192 valence electrons. The Morgan fingerprint density at radius 1 is 1.22 bits per heavy atom. The first kappa shape index (κ1) is 26.4. The molecule has 2 amide bonds. The maximum atomic E-state index is 12.8. The fourth-order valence-electron chi connectivity index (χ4n) is 3.96. The molecule has 9 nitrogen and oxygen atoms in total. The van der Waals surface area contributed by atoms with Crippen molar-refractivity contribution in [1.29, 1.82) is 0 Å². The SMILES string of the molecule is CCCCn1c(CNC(=O)c2cccs2)nnc1SCC(=O)Nc1sc2c(c1C(=O)OCC)CCC2. The fraction of sp³-hybridized carbons (Fsp3) is 0.458. The number of fused-ring (bicyclic) bond motifs is 1. The van der Waals surface area contributed by atoms with Crippen molar-refractivity contribution in [3.05, 3.63) is 44.2 Å². The zero-order chi connectivity index (χ0) is 25.5. The number of nitrogens with zero attached hydrogens (tertiary/aromatic N) is 3. The highest BCUT2D eigenvalue weighted by Crippen LogP contribution is 2.39. The standard InChI is InChI=1S/C24H29N5O4S3/c1-3-5-11-29-18(13-25-21(31)17-10-7-12-34-17)27-28-24(29)35-14-19(30)26-22-20(23(32)33-4-2)15-8-6-9-16(15)36-22/h7,10,12H,3-6,8-9,11,13-14H2,1-2H3,(H,25,31)(H,26,30). The minimum Gasteiger partial charge on any atom is -0.462 e. The van der Waals surface area contributed by atoms with Crippen LogP contribution in [0.1, 0.15) is 69.4 Å². The zero-order valence-corrected chi connectivity index (χ0v) is 22.7. The number of ether oxygens (including phenoxy) is 1. The minimum absolute atomic E-state index is 0.122. The van der Waals surface area contributed by atoms with E-state index in [-0.39, 0.29) is 36.7 Å². The number of aromatic nitrogens is 3. The van der Waals surface area contributed by atoms with Gasteiger partial charge >= 0.3 is 5.97 Å². The number of nitrogens with one attached hydrogen (secondary N) is 2. The van der Waals surface area contributed by atoms with Gasteiger partial charge in [-0.05, 0) is 49.6 Å². The highest BCUT2D eigenvalue weighted by atomic mass is 32.2. The van der Waals surface area contributed by atoms with E-state index in [0.717, 1.165) is 42.5 Å². The lowest BCUT2D eigenvalue weighted by atomic mass is 10.1. The molecule has 0 atom stereocenters. The smallest absolute Gasteiger partial charge is 0.341 e. The Balaban J connectivity index is 1.40. The van der Waals surface area contributed by atoms with E-state index < -0.39 is 0 Å². The molecule has 0 saturated heterocycles. The first-order chi connectivity index (χ1) is 17.5. The Morgan fingerprint density at radius 3 is 2.83 bits per heavy atom. The maximum Gasteiger partial charge on any atom is 0.341 e. The molecule has 4 rings (SSSR count). The van der Waals surface area contributed by atoms with E-state index in [1.54, 1.807) is 13.0 Å². The van der Waals surface area contributed by atoms with Gasteiger partial charge in [0, 0.05) is 11.4 Å². The molecule has 0 unspecified atom stereocenters. The molecule has 0 fully saturated rings. The van der Waals surface area contributed by atoms with Crippen molar-refractivity contribution in [1.82, 2.24) is 20.1 Å². The lowest BCUT2D eigenvalue weighted by Gasteiger charge is -2.10. The van der Waals surface area contributed by atoms with Crippen molar-refractivity contribution in [2.24, 2.45) is 0 Å². The number of thiophene rings is 2. The van der Waals surface area contributed by atoms with Gasteiger partial charge in [-0.25, -0.2) is 4.79 Å². The second-order valence-electron chi connectivity index (χ2n) is 8.18. The number of carbonyl (C=O) groups is 3. The van der Waals surface area contributed by atoms with E-state index in [0.29, 0.717) is 33.0 Å². The van der Waals surface area contributed by atoms with Crippen LogP contribution in [0.25, 0.3) is 0 Å². The number of hydrogen-bond donors (Lipinski definition) is 2. The average Bonchev–Trinajstić information content (AvgIpc) is 3.65. The monoisotopic (exact) mass is 547 g/mol. The summed E-state index contributed by atoms with van der Waals surface area (Å²) in [6, 6.07) is 3.61. The van der Waals surface area contributed by atoms with E-state index in [1.807, 2.05) is 16.0 Å². The largest absolute Gasteiger partial charge is 0.462 e. The number of hydrogen-bond acceptors (Lipinski definition) is 9. The third-order valence-corrected chi connectivity index (χ3v) is 8.71. The lowest BCUT2D eigenvalue weighted by Crippen LogP contribution is -2.24. The van der Waals surface area contributed by atoms with Crippen LogP contribution < -0.4 is 10.6 Å². The minimum atomic E-state index is -0.381. The van der Waals surface area contributed by atoms with Crippen LogP contribution in [0.4, 0.5) is 5.00 Å². The predicted octanol–water partition coefficient (Wildman–Crippen LogP) is 4.53. The summed E-state index contributed by atoms with van der Waals surface area (Å²) in [6.07, 6.45) is 4.68. The molecule has 0 bridgehead atoms. The van der Waals surface area contributed by atoms with E-state index in [2.05, 4.69) is 27.8 Å². The van der Waals surface area contributed by atoms with Gasteiger partial charge in [0.1, 0.15) is 5.00 Å². The van der Waals surface area contributed by atoms with E-state index in [4.69, 9.17) is 4.74 Å². The van der Waals surface area contributed by atoms with Crippen LogP contribution in [0, 0.1) is 0 Å². The Bertz CT molecular complexity index is 1220. The summed E-state index contributed by atoms with van der Waals surface area (Å²) in [4.78, 5) is 39.5. The van der Waals surface area contributed by atoms with Crippen molar-refractivity contribution in [2.45, 2.75) is 64.2 Å². The molecule has 0 spiro atoms. The Morgan fingerprint density at radius 2 is 2.08 bits per heavy atom. The summed E-state index contributed by atoms with van der Waals surface area (Å²) in [5.74, 6) is 0.0206. The van der Waals surface area contributed by atoms with Gasteiger partial charge in [0.15, 0.2) is 11.0 Å². The zero-order valence-electron chi connectivity index (χ0n) is 20.3. The summed E-state index contributed by atoms with van der Waals surface area (Å²) < 4.78 is 7.20. The number of carbonyl (C=O) groups excluding carboxylic acids is 3. The number of unbranched alkanes of at least 4 members (excludes halogenated alkanes) is 1. The summed E-state index contributed by atoms with van der Waals surface area (Å²) in [5.41, 5.74) is 1.51. The molecule has 12 heteroatoms. The van der Waals surface area contributed by atoms with E-state index in [9.17, 15) is 14.4 Å². The molecule has 0 radical (unpaired) electrons. The molecule has 1 aliphatic rings. The first-order valence-corrected chi connectivity index (χ1v) is 14.7. The highest BCUT2D eigenvalue weighted by Gasteiger charge is 2.28. The summed E-state index contributed by atoms with van der Waals surface area (Å²) in [6.45, 7) is 5.11. The molecular weight excluding hydrogens is 518 g/mol. The van der Waals surface area contributed by atoms with Gasteiger partial charge in [-0.2, -0.15) is 0 Å². The van der Waals surface area contributed by atoms with Gasteiger partial charge < -0.3 is 19.9 Å². The molecule has 3 aromatic rings. The predicted molar refractivity (Wildman–Crippen MR) is 142 cm³/mol. The Kier molecular flexibility index (Phi) is 9.16. The number of anilines is 1. The van der Waals surface area contributed by atoms with Crippen LogP contribution in [-0.2, 0) is 35.5 Å². The summed E-state index contributed by atoms with van der Waals surface area (Å²) in [7, 11) is 0. The van der Waals surface area contributed by atoms with Gasteiger partial charge in [0.25, 0.3) is 5.91 Å². The third kappa shape index (κ3) is 6.16. The second-order valence-corrected chi connectivity index (χ2v) is 11.2. The van der Waals surface area contributed by atoms with Gasteiger partial charge in [0.05, 0.1) is 29.3 Å². The topological polar surface area (TPSA) is 115 Å². The number of amides is 2. The second kappa shape index (κ2) is 12.5. The number of esters is 1. The Hall–Kier alpha value is -2.70. The third-order valence-electron chi connectivity index (χ3n) is 5.67. The molecule has 1 aliphatic carbocycles. The quantitative estimate of drug-likeness (QED) is 0.253. The molecule has 3 aromatic heterocycles. The maximum absolute atomic E-state index is 12.8. The molecular formula is C24H29N5O4S3. The number of thioether (sulfide) groups is 1. The van der Waals surface area contributed by atoms with Crippen molar-refractivity contribution in [3.63, 3.8) is 0 Å². The van der Waals surface area contributed by atoms with Crippen LogP contribution in [0.15, 0.2) is 22.7 Å². The summed E-state index contributed by atoms with van der Waals surface area (Å²) in [5, 5.41) is 17.4. The first-order valence-electron chi connectivity index (χ1n) is 12.0. The lowest BCUT2D eigenvalue weighted by molar-refractivity contribution is -0.113. The highest BCUT2D eigenvalue weighted by molar-refractivity contribution is 7.99. The number of rotatable bonds is 12.